The largest absolute Gasteiger partial charge is 0.355 e. The van der Waals surface area contributed by atoms with Crippen molar-refractivity contribution in [2.24, 2.45) is 5.92 Å². The first-order valence-electron chi connectivity index (χ1n) is 7.28. The van der Waals surface area contributed by atoms with Crippen molar-refractivity contribution in [1.29, 1.82) is 0 Å². The Morgan fingerprint density at radius 2 is 1.85 bits per heavy atom. The molecule has 2 rings (SSSR count). The zero-order valence-electron chi connectivity index (χ0n) is 12.0. The molecule has 1 aromatic carbocycles. The number of amides is 2. The van der Waals surface area contributed by atoms with Crippen LogP contribution in [0.15, 0.2) is 30.3 Å². The highest BCUT2D eigenvalue weighted by atomic mass is 16.2. The summed E-state index contributed by atoms with van der Waals surface area (Å²) in [6.45, 7) is 0.422. The normalized spacial score (nSPS) is 15.1. The van der Waals surface area contributed by atoms with E-state index in [1.54, 1.807) is 11.9 Å². The van der Waals surface area contributed by atoms with E-state index in [9.17, 15) is 9.59 Å². The Labute approximate surface area is 120 Å². The van der Waals surface area contributed by atoms with Crippen LogP contribution in [0.3, 0.4) is 0 Å². The lowest BCUT2D eigenvalue weighted by molar-refractivity contribution is -0.125. The molecule has 4 heteroatoms. The van der Waals surface area contributed by atoms with Gasteiger partial charge >= 0.3 is 0 Å². The first-order valence-corrected chi connectivity index (χ1v) is 7.28. The van der Waals surface area contributed by atoms with Crippen LogP contribution < -0.4 is 10.2 Å². The molecule has 108 valence electrons. The number of anilines is 1. The molecule has 20 heavy (non-hydrogen) atoms. The number of rotatable bonds is 5. The molecule has 0 heterocycles. The van der Waals surface area contributed by atoms with Crippen LogP contribution in [-0.2, 0) is 9.59 Å². The lowest BCUT2D eigenvalue weighted by Gasteiger charge is -2.17. The van der Waals surface area contributed by atoms with Crippen LogP contribution in [0.4, 0.5) is 5.69 Å². The second kappa shape index (κ2) is 7.08. The molecule has 0 aliphatic heterocycles. The first kappa shape index (κ1) is 14.6. The fourth-order valence-electron chi connectivity index (χ4n) is 2.59. The molecule has 1 N–H and O–H groups in total. The first-order chi connectivity index (χ1) is 9.68. The van der Waals surface area contributed by atoms with Crippen LogP contribution in [0.5, 0.6) is 0 Å². The number of hydrogen-bond donors (Lipinski definition) is 1. The van der Waals surface area contributed by atoms with E-state index in [0.29, 0.717) is 13.0 Å². The fourth-order valence-corrected chi connectivity index (χ4v) is 2.59. The number of nitrogens with zero attached hydrogens (tertiary/aromatic N) is 1. The van der Waals surface area contributed by atoms with Crippen molar-refractivity contribution in [3.63, 3.8) is 0 Å². The molecule has 0 aromatic heterocycles. The van der Waals surface area contributed by atoms with Gasteiger partial charge in [0, 0.05) is 31.6 Å². The molecule has 1 aromatic rings. The third-order valence-corrected chi connectivity index (χ3v) is 3.88. The van der Waals surface area contributed by atoms with Crippen molar-refractivity contribution in [2.75, 3.05) is 18.5 Å². The van der Waals surface area contributed by atoms with E-state index < -0.39 is 0 Å². The van der Waals surface area contributed by atoms with Gasteiger partial charge in [-0.15, -0.1) is 0 Å². The predicted molar refractivity (Wildman–Crippen MR) is 79.4 cm³/mol. The number of hydrogen-bond acceptors (Lipinski definition) is 2. The maximum absolute atomic E-state index is 12.0. The molecular formula is C16H22N2O2. The van der Waals surface area contributed by atoms with E-state index in [0.717, 1.165) is 31.4 Å². The van der Waals surface area contributed by atoms with Crippen molar-refractivity contribution in [3.8, 4) is 0 Å². The van der Waals surface area contributed by atoms with E-state index in [2.05, 4.69) is 5.32 Å². The molecule has 0 unspecified atom stereocenters. The van der Waals surface area contributed by atoms with Crippen LogP contribution in [0.25, 0.3) is 0 Å². The minimum atomic E-state index is 0.0166. The highest BCUT2D eigenvalue weighted by molar-refractivity contribution is 5.93. The van der Waals surface area contributed by atoms with Gasteiger partial charge in [0.1, 0.15) is 0 Å². The topological polar surface area (TPSA) is 49.4 Å². The average molecular weight is 274 g/mol. The predicted octanol–water partition coefficient (Wildman–Crippen LogP) is 2.35. The second-order valence-electron chi connectivity index (χ2n) is 5.31. The number of benzene rings is 1. The monoisotopic (exact) mass is 274 g/mol. The molecule has 0 atom stereocenters. The van der Waals surface area contributed by atoms with Gasteiger partial charge < -0.3 is 10.2 Å². The molecular weight excluding hydrogens is 252 g/mol. The summed E-state index contributed by atoms with van der Waals surface area (Å²) in [5, 5.41) is 2.88. The van der Waals surface area contributed by atoms with E-state index in [4.69, 9.17) is 0 Å². The second-order valence-corrected chi connectivity index (χ2v) is 5.31. The lowest BCUT2D eigenvalue weighted by atomic mass is 10.1. The smallest absolute Gasteiger partial charge is 0.228 e. The molecule has 1 aliphatic rings. The third-order valence-electron chi connectivity index (χ3n) is 3.88. The Kier molecular flexibility index (Phi) is 5.16. The van der Waals surface area contributed by atoms with Crippen LogP contribution in [0.1, 0.15) is 32.1 Å². The molecule has 2 amide bonds. The van der Waals surface area contributed by atoms with Crippen LogP contribution in [-0.4, -0.2) is 25.4 Å². The minimum Gasteiger partial charge on any atom is -0.355 e. The van der Waals surface area contributed by atoms with Crippen LogP contribution in [0, 0.1) is 5.92 Å². The van der Waals surface area contributed by atoms with Gasteiger partial charge in [0.25, 0.3) is 0 Å². The minimum absolute atomic E-state index is 0.0166. The van der Waals surface area contributed by atoms with Gasteiger partial charge in [-0.25, -0.2) is 0 Å². The highest BCUT2D eigenvalue weighted by Gasteiger charge is 2.22. The average Bonchev–Trinajstić information content (AvgIpc) is 3.01. The van der Waals surface area contributed by atoms with Crippen LogP contribution in [0.2, 0.25) is 0 Å². The quantitative estimate of drug-likeness (QED) is 0.896. The third kappa shape index (κ3) is 3.83. The molecule has 1 fully saturated rings. The van der Waals surface area contributed by atoms with Gasteiger partial charge in [0.2, 0.25) is 11.8 Å². The molecule has 0 bridgehead atoms. The van der Waals surface area contributed by atoms with Crippen LogP contribution >= 0.6 is 0 Å². The van der Waals surface area contributed by atoms with E-state index in [1.807, 2.05) is 30.3 Å². The SMILES string of the molecule is CN(C(=O)CCNC(=O)C1CCCC1)c1ccccc1. The van der Waals surface area contributed by atoms with Crippen molar-refractivity contribution in [1.82, 2.24) is 5.32 Å². The van der Waals surface area contributed by atoms with Gasteiger partial charge in [-0.2, -0.15) is 0 Å². The number of carbonyl (C=O) groups excluding carboxylic acids is 2. The Balaban J connectivity index is 1.73. The summed E-state index contributed by atoms with van der Waals surface area (Å²) in [4.78, 5) is 25.5. The molecule has 1 saturated carbocycles. The summed E-state index contributed by atoms with van der Waals surface area (Å²) < 4.78 is 0. The summed E-state index contributed by atoms with van der Waals surface area (Å²) in [6, 6.07) is 9.52. The summed E-state index contributed by atoms with van der Waals surface area (Å²) in [6.07, 6.45) is 4.61. The Bertz CT molecular complexity index is 453. The van der Waals surface area contributed by atoms with Gasteiger partial charge in [-0.1, -0.05) is 31.0 Å². The number of nitrogens with one attached hydrogen (secondary N) is 1. The molecule has 1 aliphatic carbocycles. The Morgan fingerprint density at radius 3 is 2.50 bits per heavy atom. The zero-order chi connectivity index (χ0) is 14.4. The van der Waals surface area contributed by atoms with E-state index in [-0.39, 0.29) is 17.7 Å². The molecule has 4 nitrogen and oxygen atoms in total. The van der Waals surface area contributed by atoms with Gasteiger partial charge in [-0.05, 0) is 25.0 Å². The van der Waals surface area contributed by atoms with Gasteiger partial charge in [0.15, 0.2) is 0 Å². The highest BCUT2D eigenvalue weighted by Crippen LogP contribution is 2.24. The maximum Gasteiger partial charge on any atom is 0.228 e. The van der Waals surface area contributed by atoms with E-state index >= 15 is 0 Å². The lowest BCUT2D eigenvalue weighted by Crippen LogP contribution is -2.34. The fraction of sp³-hybridized carbons (Fsp3) is 0.500. The summed E-state index contributed by atoms with van der Waals surface area (Å²) in [5.41, 5.74) is 0.875. The summed E-state index contributed by atoms with van der Waals surface area (Å²) >= 11 is 0. The molecule has 0 radical (unpaired) electrons. The molecule has 0 saturated heterocycles. The summed E-state index contributed by atoms with van der Waals surface area (Å²) in [5.74, 6) is 0.289. The Hall–Kier alpha value is -1.84. The summed E-state index contributed by atoms with van der Waals surface area (Å²) in [7, 11) is 1.76. The van der Waals surface area contributed by atoms with Crippen molar-refractivity contribution in [3.05, 3.63) is 30.3 Å². The number of para-hydroxylation sites is 1. The van der Waals surface area contributed by atoms with E-state index in [1.165, 1.54) is 0 Å². The van der Waals surface area contributed by atoms with Crippen molar-refractivity contribution in [2.45, 2.75) is 32.1 Å². The maximum atomic E-state index is 12.0. The zero-order valence-corrected chi connectivity index (χ0v) is 12.0. The number of carbonyl (C=O) groups is 2. The van der Waals surface area contributed by atoms with Crippen molar-refractivity contribution < 1.29 is 9.59 Å². The van der Waals surface area contributed by atoms with Crippen molar-refractivity contribution >= 4 is 17.5 Å². The Morgan fingerprint density at radius 1 is 1.20 bits per heavy atom. The van der Waals surface area contributed by atoms with Gasteiger partial charge in [0.05, 0.1) is 0 Å². The molecule has 0 spiro atoms. The standard InChI is InChI=1S/C16H22N2O2/c1-18(14-9-3-2-4-10-14)15(19)11-12-17-16(20)13-7-5-6-8-13/h2-4,9-10,13H,5-8,11-12H2,1H3,(H,17,20). The van der Waals surface area contributed by atoms with Gasteiger partial charge in [-0.3, -0.25) is 9.59 Å².